The van der Waals surface area contributed by atoms with Crippen LogP contribution in [0.5, 0.6) is 0 Å². The first-order valence-corrected chi connectivity index (χ1v) is 6.02. The van der Waals surface area contributed by atoms with Gasteiger partial charge < -0.3 is 10.5 Å². The molecule has 0 saturated heterocycles. The topological polar surface area (TPSA) is 53.1 Å². The van der Waals surface area contributed by atoms with Gasteiger partial charge in [0.15, 0.2) is 0 Å². The second-order valence-corrected chi connectivity index (χ2v) is 4.14. The van der Waals surface area contributed by atoms with Crippen LogP contribution in [-0.2, 0) is 24.6 Å². The molecule has 0 aliphatic rings. The van der Waals surface area contributed by atoms with Gasteiger partial charge in [0.1, 0.15) is 0 Å². The average molecular weight is 225 g/mol. The van der Waals surface area contributed by atoms with Crippen molar-refractivity contribution >= 4 is 0 Å². The van der Waals surface area contributed by atoms with Crippen molar-refractivity contribution in [3.63, 3.8) is 0 Å². The quantitative estimate of drug-likeness (QED) is 0.711. The minimum Gasteiger partial charge on any atom is -0.380 e. The van der Waals surface area contributed by atoms with Crippen LogP contribution < -0.4 is 5.73 Å². The van der Waals surface area contributed by atoms with Crippen molar-refractivity contribution in [3.05, 3.63) is 17.5 Å². The van der Waals surface area contributed by atoms with Gasteiger partial charge in [-0.1, -0.05) is 13.8 Å². The van der Waals surface area contributed by atoms with Crippen LogP contribution in [0.15, 0.2) is 6.07 Å². The van der Waals surface area contributed by atoms with Crippen molar-refractivity contribution in [2.24, 2.45) is 12.8 Å². The number of nitrogens with two attached hydrogens (primary N) is 1. The van der Waals surface area contributed by atoms with Crippen molar-refractivity contribution in [2.45, 2.75) is 39.2 Å². The molecule has 2 N–H and O–H groups in total. The van der Waals surface area contributed by atoms with E-state index in [4.69, 9.17) is 10.5 Å². The molecule has 1 rings (SSSR count). The lowest BCUT2D eigenvalue weighted by molar-refractivity contribution is 0.121. The van der Waals surface area contributed by atoms with Gasteiger partial charge in [-0.05, 0) is 18.9 Å². The summed E-state index contributed by atoms with van der Waals surface area (Å²) < 4.78 is 7.35. The molecule has 0 aliphatic heterocycles. The molecule has 1 aromatic heterocycles. The maximum Gasteiger partial charge on any atom is 0.0624 e. The Kier molecular flexibility index (Phi) is 5.49. The molecule has 0 aliphatic carbocycles. The predicted octanol–water partition coefficient (Wildman–Crippen LogP) is 1.28. The summed E-state index contributed by atoms with van der Waals surface area (Å²) in [5.74, 6) is 0. The molecule has 1 heterocycles. The van der Waals surface area contributed by atoms with E-state index in [-0.39, 0.29) is 6.04 Å². The van der Waals surface area contributed by atoms with Crippen LogP contribution in [0.2, 0.25) is 0 Å². The van der Waals surface area contributed by atoms with Gasteiger partial charge in [0.2, 0.25) is 0 Å². The van der Waals surface area contributed by atoms with E-state index in [0.29, 0.717) is 6.61 Å². The van der Waals surface area contributed by atoms with E-state index in [9.17, 15) is 0 Å². The van der Waals surface area contributed by atoms with E-state index in [1.54, 1.807) is 0 Å². The molecule has 0 saturated carbocycles. The molecular formula is C12H23N3O. The number of aryl methyl sites for hydroxylation is 2. The Morgan fingerprint density at radius 2 is 2.25 bits per heavy atom. The van der Waals surface area contributed by atoms with Crippen molar-refractivity contribution in [1.82, 2.24) is 9.78 Å². The molecule has 0 aromatic carbocycles. The summed E-state index contributed by atoms with van der Waals surface area (Å²) in [5.41, 5.74) is 8.31. The fourth-order valence-electron chi connectivity index (χ4n) is 1.64. The SMILES string of the molecule is CCCOCC(N)Cc1cc(CC)nn1C. The zero-order chi connectivity index (χ0) is 12.0. The Hall–Kier alpha value is -0.870. The molecule has 4 heteroatoms. The van der Waals surface area contributed by atoms with Crippen molar-refractivity contribution in [2.75, 3.05) is 13.2 Å². The van der Waals surface area contributed by atoms with Gasteiger partial charge in [0, 0.05) is 31.8 Å². The Bertz CT molecular complexity index is 309. The van der Waals surface area contributed by atoms with Gasteiger partial charge in [-0.25, -0.2) is 0 Å². The summed E-state index contributed by atoms with van der Waals surface area (Å²) in [6.45, 7) is 5.62. The van der Waals surface area contributed by atoms with Crippen LogP contribution in [0.3, 0.4) is 0 Å². The highest BCUT2D eigenvalue weighted by molar-refractivity contribution is 5.11. The maximum absolute atomic E-state index is 6.00. The Labute approximate surface area is 97.8 Å². The highest BCUT2D eigenvalue weighted by Crippen LogP contribution is 2.06. The number of nitrogens with zero attached hydrogens (tertiary/aromatic N) is 2. The second-order valence-electron chi connectivity index (χ2n) is 4.14. The third-order valence-electron chi connectivity index (χ3n) is 2.54. The van der Waals surface area contributed by atoms with Gasteiger partial charge in [-0.3, -0.25) is 4.68 Å². The van der Waals surface area contributed by atoms with Crippen LogP contribution in [0.25, 0.3) is 0 Å². The first kappa shape index (κ1) is 13.2. The number of rotatable bonds is 7. The van der Waals surface area contributed by atoms with Gasteiger partial charge in [-0.2, -0.15) is 5.10 Å². The van der Waals surface area contributed by atoms with E-state index in [1.807, 2.05) is 11.7 Å². The molecule has 0 spiro atoms. The van der Waals surface area contributed by atoms with Gasteiger partial charge >= 0.3 is 0 Å². The summed E-state index contributed by atoms with van der Waals surface area (Å²) in [5, 5.41) is 4.40. The highest BCUT2D eigenvalue weighted by atomic mass is 16.5. The normalized spacial score (nSPS) is 13.0. The molecule has 0 bridgehead atoms. The zero-order valence-corrected chi connectivity index (χ0v) is 10.6. The first-order valence-electron chi connectivity index (χ1n) is 6.02. The van der Waals surface area contributed by atoms with Crippen LogP contribution in [0, 0.1) is 0 Å². The lowest BCUT2D eigenvalue weighted by Crippen LogP contribution is -2.29. The second kappa shape index (κ2) is 6.66. The molecule has 1 aromatic rings. The van der Waals surface area contributed by atoms with Crippen molar-refractivity contribution < 1.29 is 4.74 Å². The monoisotopic (exact) mass is 225 g/mol. The van der Waals surface area contributed by atoms with Crippen LogP contribution in [0.1, 0.15) is 31.7 Å². The molecular weight excluding hydrogens is 202 g/mol. The molecule has 0 radical (unpaired) electrons. The molecule has 92 valence electrons. The van der Waals surface area contributed by atoms with Crippen LogP contribution in [-0.4, -0.2) is 29.0 Å². The summed E-state index contributed by atoms with van der Waals surface area (Å²) in [6.07, 6.45) is 2.83. The summed E-state index contributed by atoms with van der Waals surface area (Å²) in [4.78, 5) is 0. The van der Waals surface area contributed by atoms with Crippen LogP contribution >= 0.6 is 0 Å². The largest absolute Gasteiger partial charge is 0.380 e. The average Bonchev–Trinajstić information content (AvgIpc) is 2.60. The number of hydrogen-bond donors (Lipinski definition) is 1. The van der Waals surface area contributed by atoms with Crippen molar-refractivity contribution in [1.29, 1.82) is 0 Å². The standard InChI is InChI=1S/C12H23N3O/c1-4-6-16-9-10(13)7-12-8-11(5-2)14-15(12)3/h8,10H,4-7,9,13H2,1-3H3. The Morgan fingerprint density at radius 1 is 1.50 bits per heavy atom. The van der Waals surface area contributed by atoms with Crippen LogP contribution in [0.4, 0.5) is 0 Å². The van der Waals surface area contributed by atoms with Crippen molar-refractivity contribution in [3.8, 4) is 0 Å². The molecule has 1 unspecified atom stereocenters. The fraction of sp³-hybridized carbons (Fsp3) is 0.750. The summed E-state index contributed by atoms with van der Waals surface area (Å²) in [6, 6.07) is 2.19. The van der Waals surface area contributed by atoms with Gasteiger partial charge in [0.05, 0.1) is 12.3 Å². The Morgan fingerprint density at radius 3 is 2.81 bits per heavy atom. The molecule has 4 nitrogen and oxygen atoms in total. The molecule has 1 atom stereocenters. The summed E-state index contributed by atoms with van der Waals surface area (Å²) >= 11 is 0. The smallest absolute Gasteiger partial charge is 0.0624 e. The molecule has 0 fully saturated rings. The third-order valence-corrected chi connectivity index (χ3v) is 2.54. The lowest BCUT2D eigenvalue weighted by Gasteiger charge is -2.11. The highest BCUT2D eigenvalue weighted by Gasteiger charge is 2.09. The Balaban J connectivity index is 2.42. The third kappa shape index (κ3) is 3.94. The maximum atomic E-state index is 6.00. The fourth-order valence-corrected chi connectivity index (χ4v) is 1.64. The van der Waals surface area contributed by atoms with E-state index in [1.165, 1.54) is 5.69 Å². The summed E-state index contributed by atoms with van der Waals surface area (Å²) in [7, 11) is 1.97. The number of aromatic nitrogens is 2. The number of ether oxygens (including phenoxy) is 1. The lowest BCUT2D eigenvalue weighted by atomic mass is 10.1. The van der Waals surface area contributed by atoms with E-state index in [2.05, 4.69) is 25.0 Å². The minimum absolute atomic E-state index is 0.0617. The van der Waals surface area contributed by atoms with E-state index in [0.717, 1.165) is 31.6 Å². The number of hydrogen-bond acceptors (Lipinski definition) is 3. The first-order chi connectivity index (χ1) is 7.67. The minimum atomic E-state index is 0.0617. The van der Waals surface area contributed by atoms with E-state index < -0.39 is 0 Å². The van der Waals surface area contributed by atoms with Gasteiger partial charge in [-0.15, -0.1) is 0 Å². The molecule has 16 heavy (non-hydrogen) atoms. The van der Waals surface area contributed by atoms with E-state index >= 15 is 0 Å². The molecule has 0 amide bonds. The zero-order valence-electron chi connectivity index (χ0n) is 10.6. The van der Waals surface area contributed by atoms with Gasteiger partial charge in [0.25, 0.3) is 0 Å². The predicted molar refractivity (Wildman–Crippen MR) is 65.4 cm³/mol.